The van der Waals surface area contributed by atoms with Gasteiger partial charge in [-0.25, -0.2) is 0 Å². The fourth-order valence-corrected chi connectivity index (χ4v) is 2.24. The van der Waals surface area contributed by atoms with Gasteiger partial charge in [0.2, 0.25) is 0 Å². The number of rotatable bonds is 5. The van der Waals surface area contributed by atoms with Crippen LogP contribution in [0.2, 0.25) is 0 Å². The van der Waals surface area contributed by atoms with Crippen LogP contribution in [0.5, 0.6) is 5.75 Å². The Morgan fingerprint density at radius 2 is 1.42 bits per heavy atom. The SMILES string of the molecule is CCOc1ccc(NC(=S)NNC(=S)Nc2ccc([N+](=O)[O-])cc2)cc1. The molecule has 0 atom stereocenters. The molecule has 0 fully saturated rings. The minimum absolute atomic E-state index is 0.00767. The molecule has 0 heterocycles. The lowest BCUT2D eigenvalue weighted by Gasteiger charge is -2.14. The number of nitro groups is 1. The van der Waals surface area contributed by atoms with Gasteiger partial charge in [-0.3, -0.25) is 21.0 Å². The number of nitrogens with zero attached hydrogens (tertiary/aromatic N) is 1. The van der Waals surface area contributed by atoms with Gasteiger partial charge in [-0.05, 0) is 67.8 Å². The molecule has 0 aliphatic carbocycles. The zero-order chi connectivity index (χ0) is 18.9. The van der Waals surface area contributed by atoms with Crippen molar-refractivity contribution in [3.63, 3.8) is 0 Å². The van der Waals surface area contributed by atoms with Crippen molar-refractivity contribution in [2.75, 3.05) is 17.2 Å². The van der Waals surface area contributed by atoms with Crippen LogP contribution in [0.4, 0.5) is 17.1 Å². The zero-order valence-electron chi connectivity index (χ0n) is 13.8. The number of benzene rings is 2. The number of hydrogen-bond acceptors (Lipinski definition) is 5. The molecule has 0 spiro atoms. The first-order chi connectivity index (χ1) is 12.5. The number of non-ortho nitro benzene ring substituents is 1. The van der Waals surface area contributed by atoms with Crippen molar-refractivity contribution < 1.29 is 9.66 Å². The molecule has 2 aromatic carbocycles. The molecule has 0 radical (unpaired) electrons. The molecule has 10 heteroatoms. The van der Waals surface area contributed by atoms with Crippen LogP contribution in [0.1, 0.15) is 6.92 Å². The van der Waals surface area contributed by atoms with E-state index >= 15 is 0 Å². The monoisotopic (exact) mass is 391 g/mol. The second-order valence-corrected chi connectivity index (χ2v) is 5.74. The molecule has 0 aromatic heterocycles. The number of thiocarbonyl (C=S) groups is 2. The van der Waals surface area contributed by atoms with Crippen molar-refractivity contribution in [1.29, 1.82) is 0 Å². The van der Waals surface area contributed by atoms with E-state index in [1.807, 2.05) is 31.2 Å². The molecule has 0 aliphatic rings. The third kappa shape index (κ3) is 6.15. The summed E-state index contributed by atoms with van der Waals surface area (Å²) < 4.78 is 5.37. The number of ether oxygens (including phenoxy) is 1. The summed E-state index contributed by atoms with van der Waals surface area (Å²) in [5, 5.41) is 17.1. The van der Waals surface area contributed by atoms with E-state index in [2.05, 4.69) is 21.5 Å². The van der Waals surface area contributed by atoms with Crippen LogP contribution in [0.15, 0.2) is 48.5 Å². The van der Waals surface area contributed by atoms with E-state index in [-0.39, 0.29) is 10.8 Å². The van der Waals surface area contributed by atoms with Gasteiger partial charge in [0.25, 0.3) is 5.69 Å². The maximum absolute atomic E-state index is 10.6. The maximum Gasteiger partial charge on any atom is 0.269 e. The van der Waals surface area contributed by atoms with E-state index < -0.39 is 4.92 Å². The van der Waals surface area contributed by atoms with Gasteiger partial charge in [0, 0.05) is 23.5 Å². The third-order valence-electron chi connectivity index (χ3n) is 3.05. The Morgan fingerprint density at radius 1 is 0.962 bits per heavy atom. The summed E-state index contributed by atoms with van der Waals surface area (Å²) in [6.45, 7) is 2.53. The van der Waals surface area contributed by atoms with E-state index in [0.29, 0.717) is 17.4 Å². The summed E-state index contributed by atoms with van der Waals surface area (Å²) in [7, 11) is 0. The molecule has 2 aromatic rings. The molecule has 0 saturated heterocycles. The van der Waals surface area contributed by atoms with Crippen LogP contribution < -0.4 is 26.2 Å². The molecule has 0 unspecified atom stereocenters. The van der Waals surface area contributed by atoms with E-state index in [1.54, 1.807) is 12.1 Å². The highest BCUT2D eigenvalue weighted by molar-refractivity contribution is 7.81. The molecule has 4 N–H and O–H groups in total. The van der Waals surface area contributed by atoms with Crippen LogP contribution in [0, 0.1) is 10.1 Å². The first-order valence-electron chi connectivity index (χ1n) is 7.59. The van der Waals surface area contributed by atoms with Crippen molar-refractivity contribution in [3.8, 4) is 5.75 Å². The lowest BCUT2D eigenvalue weighted by molar-refractivity contribution is -0.384. The van der Waals surface area contributed by atoms with Gasteiger partial charge in [0.15, 0.2) is 10.2 Å². The normalized spacial score (nSPS) is 9.73. The van der Waals surface area contributed by atoms with Gasteiger partial charge >= 0.3 is 0 Å². The van der Waals surface area contributed by atoms with E-state index in [1.165, 1.54) is 12.1 Å². The summed E-state index contributed by atoms with van der Waals surface area (Å²) in [5.74, 6) is 0.781. The summed E-state index contributed by atoms with van der Waals surface area (Å²) >= 11 is 10.3. The predicted molar refractivity (Wildman–Crippen MR) is 109 cm³/mol. The lowest BCUT2D eigenvalue weighted by atomic mass is 10.3. The predicted octanol–water partition coefficient (Wildman–Crippen LogP) is 3.18. The van der Waals surface area contributed by atoms with Gasteiger partial charge < -0.3 is 15.4 Å². The Balaban J connectivity index is 1.77. The van der Waals surface area contributed by atoms with Crippen LogP contribution in [0.25, 0.3) is 0 Å². The first-order valence-corrected chi connectivity index (χ1v) is 8.41. The maximum atomic E-state index is 10.6. The quantitative estimate of drug-likeness (QED) is 0.348. The van der Waals surface area contributed by atoms with Crippen molar-refractivity contribution in [2.45, 2.75) is 6.92 Å². The first kappa shape index (κ1) is 19.3. The van der Waals surface area contributed by atoms with E-state index in [0.717, 1.165) is 11.4 Å². The number of hydrogen-bond donors (Lipinski definition) is 4. The molecule has 8 nitrogen and oxygen atoms in total. The zero-order valence-corrected chi connectivity index (χ0v) is 15.4. The summed E-state index contributed by atoms with van der Waals surface area (Å²) in [5.41, 5.74) is 6.89. The highest BCUT2D eigenvalue weighted by Gasteiger charge is 2.05. The summed E-state index contributed by atoms with van der Waals surface area (Å²) in [6, 6.07) is 13.2. The Bertz CT molecular complexity index is 781. The van der Waals surface area contributed by atoms with Crippen molar-refractivity contribution >= 4 is 51.7 Å². The molecular formula is C16H17N5O3S2. The highest BCUT2D eigenvalue weighted by atomic mass is 32.1. The van der Waals surface area contributed by atoms with Gasteiger partial charge in [-0.15, -0.1) is 0 Å². The molecule has 0 aliphatic heterocycles. The van der Waals surface area contributed by atoms with Crippen LogP contribution >= 0.6 is 24.4 Å². The Morgan fingerprint density at radius 3 is 1.85 bits per heavy atom. The molecule has 136 valence electrons. The fourth-order valence-electron chi connectivity index (χ4n) is 1.91. The minimum atomic E-state index is -0.465. The van der Waals surface area contributed by atoms with Crippen molar-refractivity contribution in [3.05, 3.63) is 58.6 Å². The Hall–Kier alpha value is -2.98. The minimum Gasteiger partial charge on any atom is -0.494 e. The van der Waals surface area contributed by atoms with Crippen molar-refractivity contribution in [2.24, 2.45) is 0 Å². The lowest BCUT2D eigenvalue weighted by Crippen LogP contribution is -2.45. The molecule has 0 bridgehead atoms. The van der Waals surface area contributed by atoms with Gasteiger partial charge in [0.1, 0.15) is 5.75 Å². The number of hydrazine groups is 1. The van der Waals surface area contributed by atoms with Gasteiger partial charge in [0.05, 0.1) is 11.5 Å². The van der Waals surface area contributed by atoms with Crippen LogP contribution in [-0.4, -0.2) is 21.8 Å². The second-order valence-electron chi connectivity index (χ2n) is 4.92. The fraction of sp³-hybridized carbons (Fsp3) is 0.125. The molecule has 26 heavy (non-hydrogen) atoms. The summed E-state index contributed by atoms with van der Waals surface area (Å²) in [4.78, 5) is 10.2. The average Bonchev–Trinajstić information content (AvgIpc) is 2.62. The van der Waals surface area contributed by atoms with Gasteiger partial charge in [-0.1, -0.05) is 0 Å². The Kier molecular flexibility index (Phi) is 7.06. The smallest absolute Gasteiger partial charge is 0.269 e. The highest BCUT2D eigenvalue weighted by Crippen LogP contribution is 2.16. The molecule has 2 rings (SSSR count). The second kappa shape index (κ2) is 9.49. The average molecular weight is 391 g/mol. The molecular weight excluding hydrogens is 374 g/mol. The molecule has 0 amide bonds. The van der Waals surface area contributed by atoms with E-state index in [9.17, 15) is 10.1 Å². The largest absolute Gasteiger partial charge is 0.494 e. The van der Waals surface area contributed by atoms with Crippen LogP contribution in [-0.2, 0) is 0 Å². The number of anilines is 2. The standard InChI is InChI=1S/C16H17N5O3S2/c1-2-24-14-9-5-12(6-10-14)18-16(26)20-19-15(25)17-11-3-7-13(8-4-11)21(22)23/h3-10H,2H2,1H3,(H2,17,19,25)(H2,18,20,26). The van der Waals surface area contributed by atoms with E-state index in [4.69, 9.17) is 29.2 Å². The summed E-state index contributed by atoms with van der Waals surface area (Å²) in [6.07, 6.45) is 0. The van der Waals surface area contributed by atoms with Crippen LogP contribution in [0.3, 0.4) is 0 Å². The molecule has 0 saturated carbocycles. The number of nitro benzene ring substituents is 1. The third-order valence-corrected chi connectivity index (χ3v) is 3.46. The number of nitrogens with one attached hydrogen (secondary N) is 4. The van der Waals surface area contributed by atoms with Gasteiger partial charge in [-0.2, -0.15) is 0 Å². The Labute approximate surface area is 161 Å². The topological polar surface area (TPSA) is 100 Å². The van der Waals surface area contributed by atoms with Crippen molar-refractivity contribution in [1.82, 2.24) is 10.9 Å².